The SMILES string of the molecule is CN1CCC(Nc2ccc(S(=O)(=O)NC(=O)c3ccc(N4CCN(Cc5ccccc5-c5ccc(Cl)cc5)CC4)cc3Oc3ccccc3)cc2[N+](=O)[O-])CC1. The molecule has 0 aliphatic carbocycles. The zero-order chi connectivity index (χ0) is 39.2. The molecule has 2 saturated heterocycles. The van der Waals surface area contributed by atoms with Gasteiger partial charge in [-0.25, -0.2) is 13.1 Å². The summed E-state index contributed by atoms with van der Waals surface area (Å²) >= 11 is 6.14. The molecule has 0 spiro atoms. The van der Waals surface area contributed by atoms with Crippen LogP contribution in [0, 0.1) is 10.1 Å². The van der Waals surface area contributed by atoms with Crippen molar-refractivity contribution in [2.24, 2.45) is 0 Å². The fourth-order valence-corrected chi connectivity index (χ4v) is 8.24. The minimum absolute atomic E-state index is 0.00586. The van der Waals surface area contributed by atoms with Crippen molar-refractivity contribution in [2.75, 3.05) is 56.5 Å². The number of nitro groups is 1. The van der Waals surface area contributed by atoms with Crippen LogP contribution in [0.3, 0.4) is 0 Å². The predicted octanol–water partition coefficient (Wildman–Crippen LogP) is 7.65. The largest absolute Gasteiger partial charge is 0.456 e. The number of carbonyl (C=O) groups is 1. The van der Waals surface area contributed by atoms with Crippen LogP contribution >= 0.6 is 11.6 Å². The van der Waals surface area contributed by atoms with Gasteiger partial charge in [0, 0.05) is 61.6 Å². The van der Waals surface area contributed by atoms with Gasteiger partial charge in [-0.15, -0.1) is 0 Å². The number of carbonyl (C=O) groups excluding carboxylic acids is 1. The smallest absolute Gasteiger partial charge is 0.293 e. The Morgan fingerprint density at radius 1 is 0.857 bits per heavy atom. The Bertz CT molecular complexity index is 2300. The molecule has 290 valence electrons. The summed E-state index contributed by atoms with van der Waals surface area (Å²) in [5.41, 5.74) is 4.16. The molecular formula is C42H43ClN6O6S. The van der Waals surface area contributed by atoms with Crippen LogP contribution in [0.15, 0.2) is 120 Å². The van der Waals surface area contributed by atoms with Crippen molar-refractivity contribution < 1.29 is 22.9 Å². The third kappa shape index (κ3) is 9.31. The highest BCUT2D eigenvalue weighted by Gasteiger charge is 2.28. The first kappa shape index (κ1) is 38.8. The minimum Gasteiger partial charge on any atom is -0.456 e. The minimum atomic E-state index is -4.51. The van der Waals surface area contributed by atoms with Gasteiger partial charge in [0.15, 0.2) is 0 Å². The number of likely N-dealkylation sites (tertiary alicyclic amines) is 1. The Balaban J connectivity index is 1.07. The van der Waals surface area contributed by atoms with Gasteiger partial charge in [-0.3, -0.25) is 19.8 Å². The average molecular weight is 795 g/mol. The average Bonchev–Trinajstić information content (AvgIpc) is 3.20. The summed E-state index contributed by atoms with van der Waals surface area (Å²) in [6.07, 6.45) is 1.60. The van der Waals surface area contributed by atoms with Crippen molar-refractivity contribution in [1.82, 2.24) is 14.5 Å². The molecule has 2 aliphatic rings. The first-order valence-corrected chi connectivity index (χ1v) is 20.4. The van der Waals surface area contributed by atoms with Crippen LogP contribution in [0.5, 0.6) is 11.5 Å². The maximum absolute atomic E-state index is 13.7. The van der Waals surface area contributed by atoms with Gasteiger partial charge in [-0.2, -0.15) is 0 Å². The molecule has 2 heterocycles. The third-order valence-corrected chi connectivity index (χ3v) is 11.8. The molecule has 14 heteroatoms. The second kappa shape index (κ2) is 17.1. The molecule has 2 N–H and O–H groups in total. The molecular weight excluding hydrogens is 752 g/mol. The van der Waals surface area contributed by atoms with E-state index in [2.05, 4.69) is 42.9 Å². The van der Waals surface area contributed by atoms with Crippen LogP contribution in [-0.2, 0) is 16.6 Å². The van der Waals surface area contributed by atoms with E-state index in [0.29, 0.717) is 10.8 Å². The maximum atomic E-state index is 13.7. The van der Waals surface area contributed by atoms with Gasteiger partial charge < -0.3 is 19.9 Å². The molecule has 0 atom stereocenters. The number of sulfonamides is 1. The summed E-state index contributed by atoms with van der Waals surface area (Å²) in [6.45, 7) is 5.50. The highest BCUT2D eigenvalue weighted by Crippen LogP contribution is 2.33. The summed E-state index contributed by atoms with van der Waals surface area (Å²) in [5.74, 6) is -0.290. The van der Waals surface area contributed by atoms with E-state index in [1.807, 2.05) is 43.4 Å². The monoisotopic (exact) mass is 794 g/mol. The van der Waals surface area contributed by atoms with Crippen molar-refractivity contribution >= 4 is 44.6 Å². The standard InChI is InChI=1S/C42H43ClN6O6S/c1-46-21-19-33(20-22-46)44-39-18-16-36(28-40(39)49(51)52)56(53,54)45-42(50)38-17-15-34(27-41(38)55-35-8-3-2-4-9-35)48-25-23-47(24-26-48)29-31-7-5-6-10-37(31)30-11-13-32(43)14-12-30/h2-18,27-28,33,44H,19-26,29H2,1H3,(H,45,50). The van der Waals surface area contributed by atoms with E-state index in [0.717, 1.165) is 76.0 Å². The van der Waals surface area contributed by atoms with Gasteiger partial charge in [-0.05, 0) is 98.2 Å². The van der Waals surface area contributed by atoms with E-state index in [1.54, 1.807) is 42.5 Å². The molecule has 0 bridgehead atoms. The van der Waals surface area contributed by atoms with Crippen molar-refractivity contribution in [2.45, 2.75) is 30.3 Å². The topological polar surface area (TPSA) is 137 Å². The van der Waals surface area contributed by atoms with E-state index >= 15 is 0 Å². The quantitative estimate of drug-likeness (QED) is 0.0957. The molecule has 0 radical (unpaired) electrons. The second-order valence-corrected chi connectivity index (χ2v) is 16.2. The Labute approximate surface area is 331 Å². The number of para-hydroxylation sites is 1. The number of rotatable bonds is 12. The summed E-state index contributed by atoms with van der Waals surface area (Å²) in [7, 11) is -2.49. The maximum Gasteiger partial charge on any atom is 0.293 e. The fourth-order valence-electron chi connectivity index (χ4n) is 7.13. The van der Waals surface area contributed by atoms with Gasteiger partial charge in [0.05, 0.1) is 15.4 Å². The van der Waals surface area contributed by atoms with Gasteiger partial charge >= 0.3 is 0 Å². The zero-order valence-electron chi connectivity index (χ0n) is 30.9. The number of piperazine rings is 1. The van der Waals surface area contributed by atoms with E-state index in [4.69, 9.17) is 16.3 Å². The lowest BCUT2D eigenvalue weighted by atomic mass is 9.99. The molecule has 12 nitrogen and oxygen atoms in total. The van der Waals surface area contributed by atoms with Gasteiger partial charge in [-0.1, -0.05) is 66.2 Å². The number of benzene rings is 5. The number of ether oxygens (including phenoxy) is 1. The molecule has 56 heavy (non-hydrogen) atoms. The molecule has 7 rings (SSSR count). The fraction of sp³-hybridized carbons (Fsp3) is 0.262. The van der Waals surface area contributed by atoms with Gasteiger partial charge in [0.25, 0.3) is 21.6 Å². The lowest BCUT2D eigenvalue weighted by Gasteiger charge is -2.36. The summed E-state index contributed by atoms with van der Waals surface area (Å²) in [5, 5.41) is 15.9. The normalized spacial score (nSPS) is 15.6. The number of nitrogens with one attached hydrogen (secondary N) is 2. The number of halogens is 1. The Morgan fingerprint density at radius 3 is 2.27 bits per heavy atom. The lowest BCUT2D eigenvalue weighted by Crippen LogP contribution is -2.46. The Kier molecular flexibility index (Phi) is 11.9. The van der Waals surface area contributed by atoms with Crippen LogP contribution < -0.4 is 19.7 Å². The predicted molar refractivity (Wildman–Crippen MR) is 219 cm³/mol. The molecule has 0 unspecified atom stereocenters. The molecule has 0 aromatic heterocycles. The number of piperidine rings is 1. The van der Waals surface area contributed by atoms with Crippen molar-refractivity contribution in [3.63, 3.8) is 0 Å². The van der Waals surface area contributed by atoms with Crippen LogP contribution in [-0.4, -0.2) is 81.4 Å². The second-order valence-electron chi connectivity index (χ2n) is 14.1. The van der Waals surface area contributed by atoms with Crippen LogP contribution in [0.4, 0.5) is 17.1 Å². The van der Waals surface area contributed by atoms with Crippen LogP contribution in [0.2, 0.25) is 5.02 Å². The number of nitrogens with zero attached hydrogens (tertiary/aromatic N) is 4. The summed E-state index contributed by atoms with van der Waals surface area (Å²) in [4.78, 5) is 31.5. The van der Waals surface area contributed by atoms with E-state index < -0.39 is 25.7 Å². The lowest BCUT2D eigenvalue weighted by molar-refractivity contribution is -0.384. The third-order valence-electron chi connectivity index (χ3n) is 10.3. The number of amides is 1. The number of anilines is 2. The molecule has 5 aromatic rings. The molecule has 2 fully saturated rings. The Hall–Kier alpha value is -5.47. The number of nitro benzene ring substituents is 1. The Morgan fingerprint density at radius 2 is 1.55 bits per heavy atom. The van der Waals surface area contributed by atoms with Crippen molar-refractivity contribution in [1.29, 1.82) is 0 Å². The van der Waals surface area contributed by atoms with Gasteiger partial charge in [0.2, 0.25) is 0 Å². The van der Waals surface area contributed by atoms with Crippen LogP contribution in [0.1, 0.15) is 28.8 Å². The first-order valence-electron chi connectivity index (χ1n) is 18.5. The van der Waals surface area contributed by atoms with E-state index in [1.165, 1.54) is 23.3 Å². The first-order chi connectivity index (χ1) is 27.0. The van der Waals surface area contributed by atoms with E-state index in [-0.39, 0.29) is 28.7 Å². The van der Waals surface area contributed by atoms with Crippen LogP contribution in [0.25, 0.3) is 11.1 Å². The highest BCUT2D eigenvalue weighted by molar-refractivity contribution is 7.90. The summed E-state index contributed by atoms with van der Waals surface area (Å²) < 4.78 is 35.4. The number of hydrogen-bond acceptors (Lipinski definition) is 10. The van der Waals surface area contributed by atoms with Crippen molar-refractivity contribution in [3.8, 4) is 22.6 Å². The zero-order valence-corrected chi connectivity index (χ0v) is 32.5. The molecule has 2 aliphatic heterocycles. The highest BCUT2D eigenvalue weighted by atomic mass is 35.5. The molecule has 5 aromatic carbocycles. The molecule has 0 saturated carbocycles. The van der Waals surface area contributed by atoms with Crippen molar-refractivity contribution in [3.05, 3.63) is 142 Å². The van der Waals surface area contributed by atoms with Gasteiger partial charge in [0.1, 0.15) is 17.2 Å². The summed E-state index contributed by atoms with van der Waals surface area (Å²) in [6, 6.07) is 33.9. The number of hydrogen-bond donors (Lipinski definition) is 2. The molecule has 1 amide bonds. The van der Waals surface area contributed by atoms with E-state index in [9.17, 15) is 23.3 Å².